The molecule has 2 atom stereocenters. The molecule has 3 N–H and O–H groups in total. The summed E-state index contributed by atoms with van der Waals surface area (Å²) >= 11 is 11.8. The normalized spacial score (nSPS) is 20.0. The number of anilines is 1. The fourth-order valence-electron chi connectivity index (χ4n) is 1.90. The van der Waals surface area contributed by atoms with Crippen molar-refractivity contribution in [1.82, 2.24) is 0 Å². The van der Waals surface area contributed by atoms with Gasteiger partial charge in [-0.25, -0.2) is 13.6 Å². The molecule has 23 heavy (non-hydrogen) atoms. The summed E-state index contributed by atoms with van der Waals surface area (Å²) in [7, 11) is -3.97. The van der Waals surface area contributed by atoms with Crippen molar-refractivity contribution in [2.24, 2.45) is 17.0 Å². The van der Waals surface area contributed by atoms with Crippen LogP contribution in [0, 0.1) is 11.8 Å². The number of sulfonamides is 1. The molecule has 0 radical (unpaired) electrons. The van der Waals surface area contributed by atoms with E-state index in [2.05, 4.69) is 5.32 Å². The van der Waals surface area contributed by atoms with Crippen molar-refractivity contribution in [3.63, 3.8) is 0 Å². The molecule has 1 amide bonds. The molecule has 0 unspecified atom stereocenters. The number of rotatable bonds is 5. The Hall–Kier alpha value is -1.35. The standard InChI is InChI=1S/C13H14Cl2N2O5S/c1-6-2-8(6)13(19)22-5-11(18)17-12-9(14)3-7(4-10(12)15)23(16,20)21/h3-4,6,8H,2,5H2,1H3,(H,17,18)(H2,16,20,21)/t6-,8-/m0/s1. The smallest absolute Gasteiger partial charge is 0.309 e. The number of ether oxygens (including phenoxy) is 1. The molecule has 1 aliphatic carbocycles. The first-order chi connectivity index (χ1) is 10.6. The van der Waals surface area contributed by atoms with Gasteiger partial charge in [0.25, 0.3) is 5.91 Å². The summed E-state index contributed by atoms with van der Waals surface area (Å²) in [6.45, 7) is 1.43. The van der Waals surface area contributed by atoms with Gasteiger partial charge < -0.3 is 10.1 Å². The SMILES string of the molecule is C[C@H]1C[C@@H]1C(=O)OCC(=O)Nc1c(Cl)cc(S(N)(=O)=O)cc1Cl. The Morgan fingerprint density at radius 2 is 1.87 bits per heavy atom. The van der Waals surface area contributed by atoms with Crippen LogP contribution < -0.4 is 10.5 Å². The number of benzene rings is 1. The lowest BCUT2D eigenvalue weighted by atomic mass is 10.3. The van der Waals surface area contributed by atoms with Crippen LogP contribution in [0.5, 0.6) is 0 Å². The number of hydrogen-bond acceptors (Lipinski definition) is 5. The number of halogens is 2. The number of esters is 1. The molecule has 2 rings (SSSR count). The molecule has 1 aromatic carbocycles. The highest BCUT2D eigenvalue weighted by Gasteiger charge is 2.40. The third kappa shape index (κ3) is 4.57. The number of carbonyl (C=O) groups is 2. The fourth-order valence-corrected chi connectivity index (χ4v) is 3.18. The van der Waals surface area contributed by atoms with Gasteiger partial charge >= 0.3 is 5.97 Å². The van der Waals surface area contributed by atoms with Gasteiger partial charge in [0.2, 0.25) is 10.0 Å². The lowest BCUT2D eigenvalue weighted by Crippen LogP contribution is -2.22. The van der Waals surface area contributed by atoms with E-state index in [4.69, 9.17) is 33.1 Å². The van der Waals surface area contributed by atoms with E-state index in [-0.39, 0.29) is 32.5 Å². The van der Waals surface area contributed by atoms with E-state index in [1.807, 2.05) is 6.92 Å². The van der Waals surface area contributed by atoms with Crippen LogP contribution in [0.2, 0.25) is 10.0 Å². The lowest BCUT2D eigenvalue weighted by molar-refractivity contribution is -0.148. The molecule has 0 aliphatic heterocycles. The second kappa shape index (κ2) is 6.64. The highest BCUT2D eigenvalue weighted by atomic mass is 35.5. The van der Waals surface area contributed by atoms with Gasteiger partial charge in [-0.05, 0) is 24.5 Å². The molecule has 10 heteroatoms. The van der Waals surface area contributed by atoms with Crippen LogP contribution in [0.25, 0.3) is 0 Å². The Labute approximate surface area is 143 Å². The molecule has 0 heterocycles. The Morgan fingerprint density at radius 3 is 2.30 bits per heavy atom. The Morgan fingerprint density at radius 1 is 1.35 bits per heavy atom. The minimum Gasteiger partial charge on any atom is -0.455 e. The highest BCUT2D eigenvalue weighted by Crippen LogP contribution is 2.38. The van der Waals surface area contributed by atoms with Crippen molar-refractivity contribution in [3.05, 3.63) is 22.2 Å². The zero-order valence-electron chi connectivity index (χ0n) is 12.0. The van der Waals surface area contributed by atoms with Crippen LogP contribution in [-0.2, 0) is 24.3 Å². The van der Waals surface area contributed by atoms with Crippen molar-refractivity contribution in [2.75, 3.05) is 11.9 Å². The van der Waals surface area contributed by atoms with Crippen molar-refractivity contribution in [3.8, 4) is 0 Å². The number of nitrogens with one attached hydrogen (secondary N) is 1. The van der Waals surface area contributed by atoms with Gasteiger partial charge in [0.1, 0.15) is 0 Å². The summed E-state index contributed by atoms with van der Waals surface area (Å²) in [5.41, 5.74) is 0.0153. The van der Waals surface area contributed by atoms with E-state index in [0.29, 0.717) is 0 Å². The average molecular weight is 381 g/mol. The monoisotopic (exact) mass is 380 g/mol. The predicted octanol–water partition coefficient (Wildman–Crippen LogP) is 1.78. The van der Waals surface area contributed by atoms with E-state index < -0.39 is 28.5 Å². The first-order valence-corrected chi connectivity index (χ1v) is 8.88. The summed E-state index contributed by atoms with van der Waals surface area (Å²) in [6.07, 6.45) is 0.757. The molecule has 0 aromatic heterocycles. The van der Waals surface area contributed by atoms with Gasteiger partial charge in [0.15, 0.2) is 6.61 Å². The van der Waals surface area contributed by atoms with E-state index >= 15 is 0 Å². The Balaban J connectivity index is 2.02. The van der Waals surface area contributed by atoms with Crippen LogP contribution in [0.1, 0.15) is 13.3 Å². The third-order valence-corrected chi connectivity index (χ3v) is 4.86. The zero-order valence-corrected chi connectivity index (χ0v) is 14.3. The second-order valence-electron chi connectivity index (χ2n) is 5.28. The largest absolute Gasteiger partial charge is 0.455 e. The van der Waals surface area contributed by atoms with Gasteiger partial charge in [-0.15, -0.1) is 0 Å². The van der Waals surface area contributed by atoms with Crippen LogP contribution in [-0.4, -0.2) is 26.9 Å². The van der Waals surface area contributed by atoms with Crippen molar-refractivity contribution >= 4 is 50.8 Å². The van der Waals surface area contributed by atoms with Crippen LogP contribution in [0.4, 0.5) is 5.69 Å². The molecule has 0 bridgehead atoms. The number of carbonyl (C=O) groups excluding carboxylic acids is 2. The minimum atomic E-state index is -3.97. The van der Waals surface area contributed by atoms with Gasteiger partial charge in [0.05, 0.1) is 26.5 Å². The number of primary sulfonamides is 1. The van der Waals surface area contributed by atoms with Gasteiger partial charge in [0, 0.05) is 0 Å². The molecule has 1 aliphatic rings. The Kier molecular flexibility index (Phi) is 5.20. The van der Waals surface area contributed by atoms with Crippen molar-refractivity contribution in [2.45, 2.75) is 18.2 Å². The van der Waals surface area contributed by atoms with Crippen LogP contribution in [0.3, 0.4) is 0 Å². The maximum Gasteiger partial charge on any atom is 0.309 e. The summed E-state index contributed by atoms with van der Waals surface area (Å²) in [5.74, 6) is -0.933. The topological polar surface area (TPSA) is 116 Å². The number of amides is 1. The predicted molar refractivity (Wildman–Crippen MR) is 84.7 cm³/mol. The van der Waals surface area contributed by atoms with E-state index in [0.717, 1.165) is 18.6 Å². The maximum atomic E-state index is 11.8. The van der Waals surface area contributed by atoms with Crippen LogP contribution in [0.15, 0.2) is 17.0 Å². The highest BCUT2D eigenvalue weighted by molar-refractivity contribution is 7.89. The van der Waals surface area contributed by atoms with Gasteiger partial charge in [-0.3, -0.25) is 9.59 Å². The third-order valence-electron chi connectivity index (χ3n) is 3.37. The zero-order chi connectivity index (χ0) is 17.4. The molecule has 126 valence electrons. The molecule has 0 spiro atoms. The molecule has 1 aromatic rings. The fraction of sp³-hybridized carbons (Fsp3) is 0.385. The van der Waals surface area contributed by atoms with Gasteiger partial charge in [-0.1, -0.05) is 30.1 Å². The maximum absolute atomic E-state index is 11.8. The quantitative estimate of drug-likeness (QED) is 0.755. The summed E-state index contributed by atoms with van der Waals surface area (Å²) in [4.78, 5) is 23.0. The summed E-state index contributed by atoms with van der Waals surface area (Å²) < 4.78 is 27.4. The first-order valence-electron chi connectivity index (χ1n) is 6.58. The van der Waals surface area contributed by atoms with Crippen LogP contribution >= 0.6 is 23.2 Å². The number of nitrogens with two attached hydrogens (primary N) is 1. The molecule has 1 saturated carbocycles. The molecule has 0 saturated heterocycles. The minimum absolute atomic E-state index is 0.0153. The lowest BCUT2D eigenvalue weighted by Gasteiger charge is -2.11. The Bertz CT molecular complexity index is 743. The second-order valence-corrected chi connectivity index (χ2v) is 7.66. The van der Waals surface area contributed by atoms with Crippen molar-refractivity contribution < 1.29 is 22.7 Å². The molecular formula is C13H14Cl2N2O5S. The molecule has 1 fully saturated rings. The molecule has 7 nitrogen and oxygen atoms in total. The summed E-state index contributed by atoms with van der Waals surface area (Å²) in [6, 6.07) is 2.13. The van der Waals surface area contributed by atoms with E-state index in [9.17, 15) is 18.0 Å². The van der Waals surface area contributed by atoms with E-state index in [1.54, 1.807) is 0 Å². The molecular weight excluding hydrogens is 367 g/mol. The van der Waals surface area contributed by atoms with Crippen molar-refractivity contribution in [1.29, 1.82) is 0 Å². The van der Waals surface area contributed by atoms with Gasteiger partial charge in [-0.2, -0.15) is 0 Å². The average Bonchev–Trinajstić information content (AvgIpc) is 3.16. The number of hydrogen-bond donors (Lipinski definition) is 2. The van der Waals surface area contributed by atoms with E-state index in [1.165, 1.54) is 0 Å². The summed E-state index contributed by atoms with van der Waals surface area (Å²) in [5, 5.41) is 7.15. The first kappa shape index (κ1) is 18.0.